The molecule has 0 bridgehead atoms. The van der Waals surface area contributed by atoms with Gasteiger partial charge >= 0.3 is 6.03 Å². The van der Waals surface area contributed by atoms with E-state index in [2.05, 4.69) is 10.5 Å². The summed E-state index contributed by atoms with van der Waals surface area (Å²) in [6.07, 6.45) is 3.92. The zero-order valence-corrected chi connectivity index (χ0v) is 21.7. The maximum atomic E-state index is 13.2. The number of urea groups is 1. The fourth-order valence-electron chi connectivity index (χ4n) is 4.07. The van der Waals surface area contributed by atoms with Crippen molar-refractivity contribution in [1.82, 2.24) is 10.1 Å². The van der Waals surface area contributed by atoms with E-state index in [1.807, 2.05) is 36.6 Å². The van der Waals surface area contributed by atoms with Crippen LogP contribution in [0.4, 0.5) is 10.5 Å². The predicted molar refractivity (Wildman–Crippen MR) is 138 cm³/mol. The van der Waals surface area contributed by atoms with Crippen molar-refractivity contribution in [3.8, 4) is 28.6 Å². The summed E-state index contributed by atoms with van der Waals surface area (Å²) in [5.74, 6) is 2.04. The Morgan fingerprint density at radius 2 is 1.83 bits per heavy atom. The van der Waals surface area contributed by atoms with Crippen molar-refractivity contribution in [3.05, 3.63) is 48.2 Å². The summed E-state index contributed by atoms with van der Waals surface area (Å²) in [6, 6.07) is 12.9. The summed E-state index contributed by atoms with van der Waals surface area (Å²) in [5, 5.41) is 7.21. The number of aromatic nitrogens is 1. The first-order valence-corrected chi connectivity index (χ1v) is 12.8. The fraction of sp³-hybridized carbons (Fsp3) is 0.385. The van der Waals surface area contributed by atoms with Crippen LogP contribution in [0.1, 0.15) is 18.5 Å². The lowest BCUT2D eigenvalue weighted by atomic mass is 10.1. The monoisotopic (exact) mass is 513 g/mol. The number of benzene rings is 2. The van der Waals surface area contributed by atoms with E-state index in [1.54, 1.807) is 50.1 Å². The van der Waals surface area contributed by atoms with Crippen LogP contribution in [-0.4, -0.2) is 62.9 Å². The number of carbonyl (C=O) groups excluding carboxylic acids is 1. The second-order valence-corrected chi connectivity index (χ2v) is 9.15. The number of amides is 2. The molecule has 10 heteroatoms. The fourth-order valence-corrected chi connectivity index (χ4v) is 4.48. The van der Waals surface area contributed by atoms with Crippen molar-refractivity contribution in [2.24, 2.45) is 0 Å². The molecule has 3 aromatic rings. The van der Waals surface area contributed by atoms with Gasteiger partial charge in [0.15, 0.2) is 17.3 Å². The van der Waals surface area contributed by atoms with E-state index in [1.165, 1.54) is 0 Å². The molecular formula is C26H31N3O6S. The maximum Gasteiger partial charge on any atom is 0.322 e. The van der Waals surface area contributed by atoms with E-state index < -0.39 is 0 Å². The molecule has 1 aliphatic heterocycles. The molecular weight excluding hydrogens is 482 g/mol. The lowest BCUT2D eigenvalue weighted by Gasteiger charge is -2.25. The summed E-state index contributed by atoms with van der Waals surface area (Å²) in [7, 11) is 4.67. The molecule has 0 saturated carbocycles. The number of ether oxygens (including phenoxy) is 4. The molecule has 1 atom stereocenters. The Labute approximate surface area is 215 Å². The molecule has 1 aliphatic rings. The quantitative estimate of drug-likeness (QED) is 0.365. The van der Waals surface area contributed by atoms with Crippen molar-refractivity contribution < 1.29 is 28.3 Å². The second-order valence-electron chi connectivity index (χ2n) is 8.27. The highest BCUT2D eigenvalue weighted by Crippen LogP contribution is 2.41. The van der Waals surface area contributed by atoms with Gasteiger partial charge in [0, 0.05) is 35.4 Å². The van der Waals surface area contributed by atoms with E-state index >= 15 is 0 Å². The minimum absolute atomic E-state index is 0.00361. The smallest absolute Gasteiger partial charge is 0.322 e. The lowest BCUT2D eigenvalue weighted by molar-refractivity contribution is 0.0814. The van der Waals surface area contributed by atoms with Gasteiger partial charge in [0.05, 0.1) is 34.0 Å². The molecule has 1 aromatic heterocycles. The molecule has 36 heavy (non-hydrogen) atoms. The van der Waals surface area contributed by atoms with Crippen molar-refractivity contribution in [2.45, 2.75) is 30.4 Å². The number of nitrogens with zero attached hydrogens (tertiary/aromatic N) is 2. The van der Waals surface area contributed by atoms with Crippen molar-refractivity contribution in [2.75, 3.05) is 46.1 Å². The molecule has 0 aliphatic carbocycles. The van der Waals surface area contributed by atoms with Crippen molar-refractivity contribution in [1.29, 1.82) is 0 Å². The number of hydrogen-bond donors (Lipinski definition) is 1. The molecule has 0 spiro atoms. The highest BCUT2D eigenvalue weighted by Gasteiger charge is 2.24. The van der Waals surface area contributed by atoms with Gasteiger partial charge in [0.25, 0.3) is 0 Å². The third-order valence-corrected chi connectivity index (χ3v) is 6.68. The summed E-state index contributed by atoms with van der Waals surface area (Å²) in [4.78, 5) is 16.1. The van der Waals surface area contributed by atoms with Crippen LogP contribution in [-0.2, 0) is 11.3 Å². The number of anilines is 1. The Bertz CT molecular complexity index is 1140. The van der Waals surface area contributed by atoms with Gasteiger partial charge in [0.2, 0.25) is 5.75 Å². The molecule has 4 rings (SSSR count). The maximum absolute atomic E-state index is 13.2. The standard InChI is InChI=1S/C26H31N3O6S/c1-31-23-12-17(13-24(32-2)25(23)33-3)22-14-19(28-35-22)15-29(16-20-6-5-11-34-20)26(30)27-18-7-9-21(36-4)10-8-18/h7-10,12-14,20H,5-6,11,15-16H2,1-4H3,(H,27,30)/t20-/m0/s1. The summed E-state index contributed by atoms with van der Waals surface area (Å²) < 4.78 is 27.7. The Morgan fingerprint density at radius 1 is 1.11 bits per heavy atom. The molecule has 9 nitrogen and oxygen atoms in total. The highest BCUT2D eigenvalue weighted by molar-refractivity contribution is 7.98. The van der Waals surface area contributed by atoms with Gasteiger partial charge < -0.3 is 33.7 Å². The first kappa shape index (κ1) is 25.7. The third kappa shape index (κ3) is 6.06. The minimum atomic E-state index is -0.222. The van der Waals surface area contributed by atoms with E-state index in [0.29, 0.717) is 47.4 Å². The zero-order valence-electron chi connectivity index (χ0n) is 20.9. The summed E-state index contributed by atoms with van der Waals surface area (Å²) >= 11 is 1.65. The largest absolute Gasteiger partial charge is 0.493 e. The van der Waals surface area contributed by atoms with Gasteiger partial charge in [-0.1, -0.05) is 5.16 Å². The van der Waals surface area contributed by atoms with Gasteiger partial charge in [0.1, 0.15) is 5.69 Å². The molecule has 1 N–H and O–H groups in total. The normalized spacial score (nSPS) is 14.9. The van der Waals surface area contributed by atoms with Crippen molar-refractivity contribution in [3.63, 3.8) is 0 Å². The van der Waals surface area contributed by atoms with Gasteiger partial charge in [-0.3, -0.25) is 0 Å². The first-order chi connectivity index (χ1) is 17.5. The van der Waals surface area contributed by atoms with E-state index in [9.17, 15) is 4.79 Å². The Balaban J connectivity index is 1.53. The molecule has 0 unspecified atom stereocenters. The number of methoxy groups -OCH3 is 3. The topological polar surface area (TPSA) is 95.3 Å². The average Bonchev–Trinajstić information content (AvgIpc) is 3.60. The van der Waals surface area contributed by atoms with Gasteiger partial charge in [-0.25, -0.2) is 4.79 Å². The van der Waals surface area contributed by atoms with Gasteiger partial charge in [-0.15, -0.1) is 11.8 Å². The Kier molecular flexibility index (Phi) is 8.61. The van der Waals surface area contributed by atoms with Crippen molar-refractivity contribution >= 4 is 23.5 Å². The molecule has 1 saturated heterocycles. The van der Waals surface area contributed by atoms with E-state index in [-0.39, 0.29) is 18.7 Å². The third-order valence-electron chi connectivity index (χ3n) is 5.94. The zero-order chi connectivity index (χ0) is 25.5. The number of nitrogens with one attached hydrogen (secondary N) is 1. The minimum Gasteiger partial charge on any atom is -0.493 e. The Hall–Kier alpha value is -3.37. The molecule has 1 fully saturated rings. The van der Waals surface area contributed by atoms with Crippen LogP contribution >= 0.6 is 11.8 Å². The van der Waals surface area contributed by atoms with Crippen LogP contribution < -0.4 is 19.5 Å². The van der Waals surface area contributed by atoms with Crippen LogP contribution in [0, 0.1) is 0 Å². The van der Waals surface area contributed by atoms with Crippen LogP contribution in [0.25, 0.3) is 11.3 Å². The lowest BCUT2D eigenvalue weighted by Crippen LogP contribution is -2.39. The average molecular weight is 514 g/mol. The van der Waals surface area contributed by atoms with E-state index in [0.717, 1.165) is 23.4 Å². The molecule has 2 aromatic carbocycles. The van der Waals surface area contributed by atoms with Gasteiger partial charge in [-0.2, -0.15) is 0 Å². The molecule has 0 radical (unpaired) electrons. The molecule has 2 amide bonds. The number of rotatable bonds is 10. The summed E-state index contributed by atoms with van der Waals surface area (Å²) in [5.41, 5.74) is 2.06. The number of thioether (sulfide) groups is 1. The Morgan fingerprint density at radius 3 is 2.42 bits per heavy atom. The van der Waals surface area contributed by atoms with Crippen LogP contribution in [0.2, 0.25) is 0 Å². The molecule has 2 heterocycles. The number of hydrogen-bond acceptors (Lipinski definition) is 8. The van der Waals surface area contributed by atoms with Crippen LogP contribution in [0.3, 0.4) is 0 Å². The molecule has 192 valence electrons. The first-order valence-electron chi connectivity index (χ1n) is 11.6. The van der Waals surface area contributed by atoms with E-state index in [4.69, 9.17) is 23.5 Å². The highest BCUT2D eigenvalue weighted by atomic mass is 32.2. The second kappa shape index (κ2) is 12.0. The summed E-state index contributed by atoms with van der Waals surface area (Å²) in [6.45, 7) is 1.44. The number of carbonyl (C=O) groups is 1. The van der Waals surface area contributed by atoms with Crippen LogP contribution in [0.5, 0.6) is 17.2 Å². The predicted octanol–water partition coefficient (Wildman–Crippen LogP) is 5.30. The van der Waals surface area contributed by atoms with Crippen LogP contribution in [0.15, 0.2) is 51.9 Å². The van der Waals surface area contributed by atoms with Gasteiger partial charge in [-0.05, 0) is 55.5 Å². The SMILES string of the molecule is COc1cc(-c2cc(CN(C[C@@H]3CCCO3)C(=O)Nc3ccc(SC)cc3)no2)cc(OC)c1OC.